The second-order valence-electron chi connectivity index (χ2n) is 4.15. The maximum absolute atomic E-state index is 11.1. The molecule has 8 nitrogen and oxygen atoms in total. The average Bonchev–Trinajstić information content (AvgIpc) is 2.47. The van der Waals surface area contributed by atoms with E-state index in [1.807, 2.05) is 0 Å². The lowest BCUT2D eigenvalue weighted by atomic mass is 10.1. The van der Waals surface area contributed by atoms with E-state index in [0.717, 1.165) is 6.07 Å². The number of nitrogens with zero attached hydrogens (tertiary/aromatic N) is 3. The van der Waals surface area contributed by atoms with Gasteiger partial charge >= 0.3 is 0 Å². The van der Waals surface area contributed by atoms with Gasteiger partial charge in [0.2, 0.25) is 5.71 Å². The molecule has 2 aromatic carbocycles. The Labute approximate surface area is 125 Å². The molecular formula is C13H8N4O4S. The number of hydrogen-bond acceptors (Lipinski definition) is 7. The summed E-state index contributed by atoms with van der Waals surface area (Å²) < 4.78 is 31.3. The number of hydrogen-bond donors (Lipinski definition) is 3. The van der Waals surface area contributed by atoms with Gasteiger partial charge in [-0.3, -0.25) is 9.98 Å². The van der Waals surface area contributed by atoms with Crippen molar-refractivity contribution in [1.82, 2.24) is 0 Å². The fraction of sp³-hybridized carbons (Fsp3) is 0. The van der Waals surface area contributed by atoms with Crippen molar-refractivity contribution in [1.29, 1.82) is 10.5 Å². The first kappa shape index (κ1) is 15.3. The molecule has 2 rings (SSSR count). The highest BCUT2D eigenvalue weighted by Crippen LogP contribution is 2.30. The Morgan fingerprint density at radius 1 is 1.18 bits per heavy atom. The molecule has 0 aliphatic heterocycles. The fourth-order valence-corrected chi connectivity index (χ4v) is 2.27. The molecule has 22 heavy (non-hydrogen) atoms. The van der Waals surface area contributed by atoms with Gasteiger partial charge in [0.1, 0.15) is 17.9 Å². The standard InChI is InChI=1S/C13H8N4O4S/c14-6-10(7-15)17-16-9-1-2-12-8(3-9)4-11(5-13(12)18)22(19,20)21/h1-5,16,18H,(H,19,20,21). The summed E-state index contributed by atoms with van der Waals surface area (Å²) in [6.45, 7) is 0. The predicted molar refractivity (Wildman–Crippen MR) is 77.7 cm³/mol. The van der Waals surface area contributed by atoms with E-state index in [9.17, 15) is 13.5 Å². The molecule has 0 atom stereocenters. The SMILES string of the molecule is N#CC(C#N)=NNc1ccc2c(O)cc(S(=O)(=O)O)cc2c1. The molecule has 0 unspecified atom stereocenters. The first-order valence-electron chi connectivity index (χ1n) is 5.73. The van der Waals surface area contributed by atoms with Crippen LogP contribution in [0.25, 0.3) is 10.8 Å². The number of fused-ring (bicyclic) bond motifs is 1. The zero-order chi connectivity index (χ0) is 16.3. The minimum absolute atomic E-state index is 0.310. The lowest BCUT2D eigenvalue weighted by molar-refractivity contribution is 0.471. The minimum Gasteiger partial charge on any atom is -0.507 e. The van der Waals surface area contributed by atoms with Crippen molar-refractivity contribution in [3.05, 3.63) is 30.3 Å². The van der Waals surface area contributed by atoms with Crippen molar-refractivity contribution in [2.45, 2.75) is 4.90 Å². The molecule has 0 radical (unpaired) electrons. The maximum Gasteiger partial charge on any atom is 0.294 e. The topological polar surface area (TPSA) is 147 Å². The Morgan fingerprint density at radius 2 is 1.86 bits per heavy atom. The highest BCUT2D eigenvalue weighted by atomic mass is 32.2. The number of benzene rings is 2. The van der Waals surface area contributed by atoms with Crippen LogP contribution in [0.4, 0.5) is 5.69 Å². The zero-order valence-corrected chi connectivity index (χ0v) is 11.7. The summed E-state index contributed by atoms with van der Waals surface area (Å²) >= 11 is 0. The smallest absolute Gasteiger partial charge is 0.294 e. The summed E-state index contributed by atoms with van der Waals surface area (Å²) in [4.78, 5) is -0.451. The van der Waals surface area contributed by atoms with Gasteiger partial charge in [0.15, 0.2) is 0 Å². The van der Waals surface area contributed by atoms with Gasteiger partial charge in [0.05, 0.1) is 10.6 Å². The molecule has 0 saturated carbocycles. The summed E-state index contributed by atoms with van der Waals surface area (Å²) in [6.07, 6.45) is 0. The van der Waals surface area contributed by atoms with Crippen LogP contribution in [0, 0.1) is 22.7 Å². The van der Waals surface area contributed by atoms with Gasteiger partial charge in [-0.05, 0) is 29.7 Å². The summed E-state index contributed by atoms with van der Waals surface area (Å²) in [7, 11) is -4.46. The largest absolute Gasteiger partial charge is 0.507 e. The molecule has 0 saturated heterocycles. The zero-order valence-electron chi connectivity index (χ0n) is 10.8. The third kappa shape index (κ3) is 3.12. The van der Waals surface area contributed by atoms with Crippen LogP contribution in [0.5, 0.6) is 5.75 Å². The second kappa shape index (κ2) is 5.69. The first-order valence-corrected chi connectivity index (χ1v) is 7.17. The van der Waals surface area contributed by atoms with Crippen LogP contribution < -0.4 is 5.43 Å². The lowest BCUT2D eigenvalue weighted by Gasteiger charge is -2.06. The molecule has 9 heteroatoms. The molecule has 0 heterocycles. The summed E-state index contributed by atoms with van der Waals surface area (Å²) in [5, 5.41) is 31.2. The first-order chi connectivity index (χ1) is 10.3. The Morgan fingerprint density at radius 3 is 2.45 bits per heavy atom. The molecule has 0 amide bonds. The molecule has 0 fully saturated rings. The van der Waals surface area contributed by atoms with E-state index < -0.39 is 15.0 Å². The number of phenolic OH excluding ortho intramolecular Hbond substituents is 1. The monoisotopic (exact) mass is 316 g/mol. The van der Waals surface area contributed by atoms with Crippen molar-refractivity contribution in [2.75, 3.05) is 5.43 Å². The molecular weight excluding hydrogens is 308 g/mol. The number of nitrogens with one attached hydrogen (secondary N) is 1. The molecule has 0 aliphatic carbocycles. The van der Waals surface area contributed by atoms with Gasteiger partial charge in [-0.2, -0.15) is 24.0 Å². The van der Waals surface area contributed by atoms with Gasteiger partial charge < -0.3 is 5.11 Å². The van der Waals surface area contributed by atoms with Crippen molar-refractivity contribution in [3.8, 4) is 17.9 Å². The Hall–Kier alpha value is -3.14. The van der Waals surface area contributed by atoms with Crippen LogP contribution in [0.2, 0.25) is 0 Å². The molecule has 0 aromatic heterocycles. The van der Waals surface area contributed by atoms with Crippen LogP contribution in [0.3, 0.4) is 0 Å². The Kier molecular flexibility index (Phi) is 3.95. The summed E-state index contributed by atoms with van der Waals surface area (Å²) in [5.41, 5.74) is 2.45. The van der Waals surface area contributed by atoms with Gasteiger partial charge in [0, 0.05) is 11.5 Å². The highest BCUT2D eigenvalue weighted by Gasteiger charge is 2.13. The van der Waals surface area contributed by atoms with Crippen LogP contribution in [-0.2, 0) is 10.1 Å². The number of rotatable bonds is 3. The van der Waals surface area contributed by atoms with E-state index in [0.29, 0.717) is 16.5 Å². The lowest BCUT2D eigenvalue weighted by Crippen LogP contribution is -1.98. The van der Waals surface area contributed by atoms with Crippen molar-refractivity contribution < 1.29 is 18.1 Å². The summed E-state index contributed by atoms with van der Waals surface area (Å²) in [6, 6.07) is 9.71. The van der Waals surface area contributed by atoms with Gasteiger partial charge in [-0.1, -0.05) is 0 Å². The van der Waals surface area contributed by atoms with Crippen molar-refractivity contribution >= 4 is 32.3 Å². The van der Waals surface area contributed by atoms with Gasteiger partial charge in [0.25, 0.3) is 10.1 Å². The number of anilines is 1. The van der Waals surface area contributed by atoms with E-state index in [2.05, 4.69) is 10.5 Å². The predicted octanol–water partition coefficient (Wildman–Crippen LogP) is 1.61. The van der Waals surface area contributed by atoms with Crippen LogP contribution >= 0.6 is 0 Å². The fourth-order valence-electron chi connectivity index (χ4n) is 1.74. The molecule has 3 N–H and O–H groups in total. The van der Waals surface area contributed by atoms with Crippen molar-refractivity contribution in [2.24, 2.45) is 5.10 Å². The molecule has 0 spiro atoms. The number of aromatic hydroxyl groups is 1. The normalized spacial score (nSPS) is 10.5. The van der Waals surface area contributed by atoms with E-state index in [1.165, 1.54) is 24.3 Å². The molecule has 2 aromatic rings. The van der Waals surface area contributed by atoms with E-state index in [4.69, 9.17) is 15.1 Å². The third-order valence-corrected chi connectivity index (χ3v) is 3.54. The van der Waals surface area contributed by atoms with Gasteiger partial charge in [-0.25, -0.2) is 0 Å². The molecule has 0 bridgehead atoms. The maximum atomic E-state index is 11.1. The molecule has 0 aliphatic rings. The minimum atomic E-state index is -4.46. The number of hydrazone groups is 1. The van der Waals surface area contributed by atoms with Crippen LogP contribution in [0.1, 0.15) is 0 Å². The van der Waals surface area contributed by atoms with Crippen LogP contribution in [0.15, 0.2) is 40.3 Å². The summed E-state index contributed by atoms with van der Waals surface area (Å²) in [5.74, 6) is -0.310. The Balaban J connectivity index is 2.53. The van der Waals surface area contributed by atoms with E-state index >= 15 is 0 Å². The Bertz CT molecular complexity index is 952. The average molecular weight is 316 g/mol. The van der Waals surface area contributed by atoms with Gasteiger partial charge in [-0.15, -0.1) is 0 Å². The van der Waals surface area contributed by atoms with E-state index in [-0.39, 0.29) is 11.5 Å². The quantitative estimate of drug-likeness (QED) is 0.442. The number of phenols is 1. The molecule has 110 valence electrons. The van der Waals surface area contributed by atoms with Crippen LogP contribution in [-0.4, -0.2) is 23.8 Å². The number of nitriles is 2. The third-order valence-electron chi connectivity index (χ3n) is 2.71. The highest BCUT2D eigenvalue weighted by molar-refractivity contribution is 7.85. The van der Waals surface area contributed by atoms with E-state index in [1.54, 1.807) is 12.1 Å². The second-order valence-corrected chi connectivity index (χ2v) is 5.57. The van der Waals surface area contributed by atoms with Crippen molar-refractivity contribution in [3.63, 3.8) is 0 Å².